The minimum atomic E-state index is 0.420. The molecule has 1 fully saturated rings. The summed E-state index contributed by atoms with van der Waals surface area (Å²) in [5.41, 5.74) is 6.68. The van der Waals surface area contributed by atoms with Crippen LogP contribution in [0.3, 0.4) is 0 Å². The van der Waals surface area contributed by atoms with E-state index in [0.717, 1.165) is 24.9 Å². The topological polar surface area (TPSA) is 48.1 Å². The Labute approximate surface area is 84.3 Å². The van der Waals surface area contributed by atoms with Crippen molar-refractivity contribution in [2.24, 2.45) is 11.7 Å². The quantitative estimate of drug-likeness (QED) is 0.783. The molecule has 1 aliphatic rings. The van der Waals surface area contributed by atoms with Crippen LogP contribution in [-0.4, -0.2) is 17.6 Å². The van der Waals surface area contributed by atoms with Crippen LogP contribution in [0.2, 0.25) is 0 Å². The van der Waals surface area contributed by atoms with Crippen LogP contribution in [0.15, 0.2) is 24.5 Å². The lowest BCUT2D eigenvalue weighted by molar-refractivity contribution is -0.0376. The molecule has 0 aliphatic heterocycles. The smallest absolute Gasteiger partial charge is 0.0735 e. The van der Waals surface area contributed by atoms with Crippen molar-refractivity contribution in [1.29, 1.82) is 0 Å². The number of hydrogen-bond donors (Lipinski definition) is 1. The van der Waals surface area contributed by atoms with Crippen molar-refractivity contribution < 1.29 is 4.74 Å². The number of nitrogens with two attached hydrogens (primary N) is 1. The van der Waals surface area contributed by atoms with Crippen LogP contribution in [0.4, 0.5) is 0 Å². The molecule has 0 bridgehead atoms. The predicted octanol–water partition coefficient (Wildman–Crippen LogP) is 1.34. The summed E-state index contributed by atoms with van der Waals surface area (Å²) >= 11 is 0. The number of nitrogens with zero attached hydrogens (tertiary/aromatic N) is 1. The lowest BCUT2D eigenvalue weighted by Gasteiger charge is -2.34. The van der Waals surface area contributed by atoms with Crippen molar-refractivity contribution in [1.82, 2.24) is 4.98 Å². The summed E-state index contributed by atoms with van der Waals surface area (Å²) < 4.78 is 5.70. The van der Waals surface area contributed by atoms with E-state index in [1.165, 1.54) is 0 Å². The summed E-state index contributed by atoms with van der Waals surface area (Å²) in [6.07, 6.45) is 6.29. The average Bonchev–Trinajstić information content (AvgIpc) is 2.17. The van der Waals surface area contributed by atoms with Crippen LogP contribution < -0.4 is 5.73 Å². The highest BCUT2D eigenvalue weighted by molar-refractivity contribution is 5.06. The molecule has 14 heavy (non-hydrogen) atoms. The van der Waals surface area contributed by atoms with Gasteiger partial charge in [-0.2, -0.15) is 0 Å². The van der Waals surface area contributed by atoms with Crippen LogP contribution in [0.1, 0.15) is 18.4 Å². The molecule has 0 aromatic carbocycles. The third-order valence-electron chi connectivity index (χ3n) is 2.73. The average molecular weight is 192 g/mol. The molecule has 76 valence electrons. The molecule has 3 heteroatoms. The molecule has 0 unspecified atom stereocenters. The molecule has 0 spiro atoms. The minimum absolute atomic E-state index is 0.420. The number of aromatic nitrogens is 1. The Bertz CT molecular complexity index is 270. The van der Waals surface area contributed by atoms with E-state index >= 15 is 0 Å². The molecule has 0 atom stereocenters. The van der Waals surface area contributed by atoms with E-state index in [2.05, 4.69) is 4.98 Å². The van der Waals surface area contributed by atoms with Crippen LogP contribution in [0.5, 0.6) is 0 Å². The summed E-state index contributed by atoms with van der Waals surface area (Å²) in [5, 5.41) is 0. The van der Waals surface area contributed by atoms with Gasteiger partial charge >= 0.3 is 0 Å². The third-order valence-corrected chi connectivity index (χ3v) is 2.73. The summed E-state index contributed by atoms with van der Waals surface area (Å²) in [6, 6.07) is 3.97. The Kier molecular flexibility index (Phi) is 3.11. The second-order valence-corrected chi connectivity index (χ2v) is 3.87. The van der Waals surface area contributed by atoms with E-state index < -0.39 is 0 Å². The van der Waals surface area contributed by atoms with Gasteiger partial charge in [0.25, 0.3) is 0 Å². The van der Waals surface area contributed by atoms with Gasteiger partial charge in [-0.3, -0.25) is 4.98 Å². The van der Waals surface area contributed by atoms with E-state index in [1.54, 1.807) is 6.20 Å². The Morgan fingerprint density at radius 2 is 2.36 bits per heavy atom. The summed E-state index contributed by atoms with van der Waals surface area (Å²) in [5.74, 6) is 0.689. The lowest BCUT2D eigenvalue weighted by Crippen LogP contribution is -2.35. The first-order valence-electron chi connectivity index (χ1n) is 5.09. The van der Waals surface area contributed by atoms with Crippen LogP contribution in [0, 0.1) is 5.92 Å². The molecule has 0 amide bonds. The van der Waals surface area contributed by atoms with Crippen molar-refractivity contribution in [2.45, 2.75) is 25.6 Å². The molecule has 3 nitrogen and oxygen atoms in total. The first-order valence-corrected chi connectivity index (χ1v) is 5.09. The maximum absolute atomic E-state index is 5.70. The van der Waals surface area contributed by atoms with E-state index in [1.807, 2.05) is 18.3 Å². The standard InChI is InChI=1S/C11H16N2O/c12-6-10-4-11(5-10)14-8-9-2-1-3-13-7-9/h1-3,7,10-11H,4-6,8,12H2. The zero-order chi connectivity index (χ0) is 9.80. The van der Waals surface area contributed by atoms with Gasteiger partial charge < -0.3 is 10.5 Å². The number of hydrogen-bond acceptors (Lipinski definition) is 3. The maximum atomic E-state index is 5.70. The first kappa shape index (κ1) is 9.62. The van der Waals surface area contributed by atoms with Gasteiger partial charge in [-0.25, -0.2) is 0 Å². The van der Waals surface area contributed by atoms with Crippen molar-refractivity contribution in [3.05, 3.63) is 30.1 Å². The molecule has 2 rings (SSSR count). The Morgan fingerprint density at radius 3 is 3.00 bits per heavy atom. The first-order chi connectivity index (χ1) is 6.88. The molecule has 1 heterocycles. The minimum Gasteiger partial charge on any atom is -0.373 e. The monoisotopic (exact) mass is 192 g/mol. The maximum Gasteiger partial charge on any atom is 0.0735 e. The van der Waals surface area contributed by atoms with Crippen LogP contribution >= 0.6 is 0 Å². The zero-order valence-electron chi connectivity index (χ0n) is 8.23. The highest BCUT2D eigenvalue weighted by atomic mass is 16.5. The van der Waals surface area contributed by atoms with Gasteiger partial charge in [0, 0.05) is 12.4 Å². The second-order valence-electron chi connectivity index (χ2n) is 3.87. The Morgan fingerprint density at radius 1 is 1.50 bits per heavy atom. The number of pyridine rings is 1. The molecule has 2 N–H and O–H groups in total. The Hall–Kier alpha value is -0.930. The van der Waals surface area contributed by atoms with E-state index in [-0.39, 0.29) is 0 Å². The van der Waals surface area contributed by atoms with Gasteiger partial charge in [-0.1, -0.05) is 6.07 Å². The van der Waals surface area contributed by atoms with Gasteiger partial charge in [0.05, 0.1) is 12.7 Å². The lowest BCUT2D eigenvalue weighted by atomic mass is 9.82. The normalized spacial score (nSPS) is 25.8. The third kappa shape index (κ3) is 2.30. The van der Waals surface area contributed by atoms with Crippen molar-refractivity contribution in [3.63, 3.8) is 0 Å². The second kappa shape index (κ2) is 4.53. The molecular weight excluding hydrogens is 176 g/mol. The zero-order valence-corrected chi connectivity index (χ0v) is 8.23. The van der Waals surface area contributed by atoms with Crippen molar-refractivity contribution in [3.8, 4) is 0 Å². The van der Waals surface area contributed by atoms with Crippen molar-refractivity contribution >= 4 is 0 Å². The molecule has 1 aromatic heterocycles. The molecule has 1 aliphatic carbocycles. The fourth-order valence-corrected chi connectivity index (χ4v) is 1.70. The van der Waals surface area contributed by atoms with E-state index in [0.29, 0.717) is 18.6 Å². The number of ether oxygens (including phenoxy) is 1. The van der Waals surface area contributed by atoms with Gasteiger partial charge in [-0.05, 0) is 36.9 Å². The highest BCUT2D eigenvalue weighted by Crippen LogP contribution is 2.29. The van der Waals surface area contributed by atoms with Gasteiger partial charge in [0.1, 0.15) is 0 Å². The SMILES string of the molecule is NCC1CC(OCc2cccnc2)C1. The summed E-state index contributed by atoms with van der Waals surface area (Å²) in [4.78, 5) is 4.04. The van der Waals surface area contributed by atoms with Gasteiger partial charge in [0.15, 0.2) is 0 Å². The summed E-state index contributed by atoms with van der Waals surface area (Å²) in [7, 11) is 0. The fourth-order valence-electron chi connectivity index (χ4n) is 1.70. The molecule has 0 saturated heterocycles. The molecule has 0 radical (unpaired) electrons. The fraction of sp³-hybridized carbons (Fsp3) is 0.545. The van der Waals surface area contributed by atoms with Crippen LogP contribution in [0.25, 0.3) is 0 Å². The predicted molar refractivity (Wildman–Crippen MR) is 54.6 cm³/mol. The van der Waals surface area contributed by atoms with Crippen LogP contribution in [-0.2, 0) is 11.3 Å². The molecular formula is C11H16N2O. The number of rotatable bonds is 4. The largest absolute Gasteiger partial charge is 0.373 e. The Balaban J connectivity index is 1.69. The van der Waals surface area contributed by atoms with Crippen molar-refractivity contribution in [2.75, 3.05) is 6.54 Å². The highest BCUT2D eigenvalue weighted by Gasteiger charge is 2.28. The summed E-state index contributed by atoms with van der Waals surface area (Å²) in [6.45, 7) is 1.47. The van der Waals surface area contributed by atoms with E-state index in [4.69, 9.17) is 10.5 Å². The van der Waals surface area contributed by atoms with E-state index in [9.17, 15) is 0 Å². The molecule has 1 saturated carbocycles. The molecule has 1 aromatic rings. The van der Waals surface area contributed by atoms with Gasteiger partial charge in [0.2, 0.25) is 0 Å². The van der Waals surface area contributed by atoms with Gasteiger partial charge in [-0.15, -0.1) is 0 Å².